The summed E-state index contributed by atoms with van der Waals surface area (Å²) in [6.45, 7) is -0.455. The van der Waals surface area contributed by atoms with Gasteiger partial charge in [-0.05, 0) is 24.3 Å². The molecule has 5 N–H and O–H groups in total. The summed E-state index contributed by atoms with van der Waals surface area (Å²) in [4.78, 5) is 0. The van der Waals surface area contributed by atoms with Crippen LogP contribution in [0.3, 0.4) is 0 Å². The first-order chi connectivity index (χ1) is 9.02. The molecule has 0 aliphatic carbocycles. The summed E-state index contributed by atoms with van der Waals surface area (Å²) in [5.41, 5.74) is 0.633. The second kappa shape index (κ2) is 6.04. The monoisotopic (exact) mass is 289 g/mol. The van der Waals surface area contributed by atoms with Gasteiger partial charge in [0.25, 0.3) is 0 Å². The van der Waals surface area contributed by atoms with Gasteiger partial charge in [-0.3, -0.25) is 0 Å². The molecular weight excluding hydrogens is 274 g/mol. The largest absolute Gasteiger partial charge is 0.394 e. The van der Waals surface area contributed by atoms with Crippen molar-refractivity contribution in [2.75, 3.05) is 11.9 Å². The topological polar surface area (TPSA) is 102 Å². The average Bonchev–Trinajstić information content (AvgIpc) is 2.42. The standard InChI is InChI=1S/C12H16ClNO5/c13-6-1-3-7(4-2-6)14-12-11(18)10(17)9(16)8(5-15)19-12/h1-4,8-12,14-18H,5H2/t8-,9-,10-,11+,12-/m0/s1. The molecule has 0 radical (unpaired) electrons. The van der Waals surface area contributed by atoms with Crippen LogP contribution in [0, 0.1) is 0 Å². The lowest BCUT2D eigenvalue weighted by Gasteiger charge is -2.40. The van der Waals surface area contributed by atoms with Gasteiger partial charge >= 0.3 is 0 Å². The van der Waals surface area contributed by atoms with Crippen LogP contribution in [0.1, 0.15) is 0 Å². The van der Waals surface area contributed by atoms with Crippen LogP contribution in [-0.2, 0) is 4.74 Å². The van der Waals surface area contributed by atoms with E-state index in [-0.39, 0.29) is 0 Å². The minimum absolute atomic E-state index is 0.455. The van der Waals surface area contributed by atoms with Crippen molar-refractivity contribution in [3.63, 3.8) is 0 Å². The van der Waals surface area contributed by atoms with Gasteiger partial charge in [0.15, 0.2) is 6.23 Å². The summed E-state index contributed by atoms with van der Waals surface area (Å²) < 4.78 is 5.31. The van der Waals surface area contributed by atoms with E-state index in [1.807, 2.05) is 0 Å². The maximum atomic E-state index is 9.83. The number of hydrogen-bond acceptors (Lipinski definition) is 6. The Labute approximate surface area is 115 Å². The van der Waals surface area contributed by atoms with E-state index in [9.17, 15) is 15.3 Å². The van der Waals surface area contributed by atoms with E-state index < -0.39 is 37.3 Å². The molecule has 1 heterocycles. The summed E-state index contributed by atoms with van der Waals surface area (Å²) in [6.07, 6.45) is -5.92. The number of halogens is 1. The van der Waals surface area contributed by atoms with Crippen LogP contribution in [-0.4, -0.2) is 57.7 Å². The molecule has 1 aliphatic rings. The Hall–Kier alpha value is -0.890. The maximum absolute atomic E-state index is 9.83. The SMILES string of the molecule is OC[C@@H]1O[C@H](Nc2ccc(Cl)cc2)[C@H](O)[C@@H](O)[C@H]1O. The van der Waals surface area contributed by atoms with Gasteiger partial charge in [0.2, 0.25) is 0 Å². The predicted molar refractivity (Wildman–Crippen MR) is 68.8 cm³/mol. The molecule has 0 spiro atoms. The molecule has 106 valence electrons. The zero-order valence-corrected chi connectivity index (χ0v) is 10.7. The van der Waals surface area contributed by atoms with E-state index in [1.54, 1.807) is 24.3 Å². The van der Waals surface area contributed by atoms with Crippen LogP contribution in [0.15, 0.2) is 24.3 Å². The van der Waals surface area contributed by atoms with Gasteiger partial charge in [-0.1, -0.05) is 11.6 Å². The zero-order chi connectivity index (χ0) is 14.0. The van der Waals surface area contributed by atoms with Crippen LogP contribution in [0.2, 0.25) is 5.02 Å². The van der Waals surface area contributed by atoms with Crippen molar-refractivity contribution in [1.82, 2.24) is 0 Å². The van der Waals surface area contributed by atoms with Gasteiger partial charge < -0.3 is 30.5 Å². The number of ether oxygens (including phenoxy) is 1. The quantitative estimate of drug-likeness (QED) is 0.517. The minimum atomic E-state index is -1.39. The van der Waals surface area contributed by atoms with Crippen molar-refractivity contribution >= 4 is 17.3 Å². The lowest BCUT2D eigenvalue weighted by atomic mass is 9.98. The molecule has 0 amide bonds. The average molecular weight is 290 g/mol. The number of hydrogen-bond donors (Lipinski definition) is 5. The summed E-state index contributed by atoms with van der Waals surface area (Å²) >= 11 is 5.76. The molecule has 0 bridgehead atoms. The fraction of sp³-hybridized carbons (Fsp3) is 0.500. The van der Waals surface area contributed by atoms with Gasteiger partial charge in [0.1, 0.15) is 24.4 Å². The normalized spacial score (nSPS) is 35.1. The van der Waals surface area contributed by atoms with Crippen LogP contribution < -0.4 is 5.32 Å². The number of aliphatic hydroxyl groups excluding tert-OH is 4. The minimum Gasteiger partial charge on any atom is -0.394 e. The van der Waals surface area contributed by atoms with E-state index in [0.717, 1.165) is 0 Å². The summed E-state index contributed by atoms with van der Waals surface area (Å²) in [5, 5.41) is 41.6. The third-order valence-electron chi connectivity index (χ3n) is 3.05. The Balaban J connectivity index is 2.08. The third-order valence-corrected chi connectivity index (χ3v) is 3.30. The number of benzene rings is 1. The Bertz CT molecular complexity index is 413. The molecule has 1 aromatic rings. The molecule has 1 aromatic carbocycles. The molecular formula is C12H16ClNO5. The highest BCUT2D eigenvalue weighted by Crippen LogP contribution is 2.23. The van der Waals surface area contributed by atoms with Crippen molar-refractivity contribution in [3.05, 3.63) is 29.3 Å². The van der Waals surface area contributed by atoms with E-state index >= 15 is 0 Å². The molecule has 0 aromatic heterocycles. The van der Waals surface area contributed by atoms with Crippen LogP contribution >= 0.6 is 11.6 Å². The number of anilines is 1. The molecule has 0 unspecified atom stereocenters. The van der Waals surface area contributed by atoms with Crippen molar-refractivity contribution < 1.29 is 25.2 Å². The van der Waals surface area contributed by atoms with Gasteiger partial charge in [0, 0.05) is 10.7 Å². The molecule has 7 heteroatoms. The fourth-order valence-electron chi connectivity index (χ4n) is 1.93. The zero-order valence-electron chi connectivity index (χ0n) is 9.98. The Morgan fingerprint density at radius 3 is 2.26 bits per heavy atom. The number of nitrogens with one attached hydrogen (secondary N) is 1. The molecule has 5 atom stereocenters. The first-order valence-electron chi connectivity index (χ1n) is 5.85. The summed E-state index contributed by atoms with van der Waals surface area (Å²) in [6, 6.07) is 6.69. The van der Waals surface area contributed by atoms with Crippen LogP contribution in [0.5, 0.6) is 0 Å². The molecule has 1 aliphatic heterocycles. The smallest absolute Gasteiger partial charge is 0.157 e. The van der Waals surface area contributed by atoms with Crippen LogP contribution in [0.25, 0.3) is 0 Å². The van der Waals surface area contributed by atoms with Gasteiger partial charge in [-0.2, -0.15) is 0 Å². The second-order valence-electron chi connectivity index (χ2n) is 4.40. The van der Waals surface area contributed by atoms with Gasteiger partial charge in [-0.25, -0.2) is 0 Å². The first kappa shape index (κ1) is 14.5. The highest BCUT2D eigenvalue weighted by Gasteiger charge is 2.43. The molecule has 1 saturated heterocycles. The molecule has 19 heavy (non-hydrogen) atoms. The van der Waals surface area contributed by atoms with Crippen molar-refractivity contribution in [2.45, 2.75) is 30.6 Å². The number of rotatable bonds is 3. The van der Waals surface area contributed by atoms with E-state index in [4.69, 9.17) is 21.4 Å². The van der Waals surface area contributed by atoms with Crippen molar-refractivity contribution in [2.24, 2.45) is 0 Å². The predicted octanol–water partition coefficient (Wildman–Crippen LogP) is -0.448. The van der Waals surface area contributed by atoms with E-state index in [2.05, 4.69) is 5.32 Å². The summed E-state index contributed by atoms with van der Waals surface area (Å²) in [5.74, 6) is 0. The van der Waals surface area contributed by atoms with Crippen LogP contribution in [0.4, 0.5) is 5.69 Å². The fourth-order valence-corrected chi connectivity index (χ4v) is 2.06. The lowest BCUT2D eigenvalue weighted by Crippen LogP contribution is -2.60. The van der Waals surface area contributed by atoms with E-state index in [1.165, 1.54) is 0 Å². The van der Waals surface area contributed by atoms with Crippen molar-refractivity contribution in [3.8, 4) is 0 Å². The van der Waals surface area contributed by atoms with Crippen molar-refractivity contribution in [1.29, 1.82) is 0 Å². The first-order valence-corrected chi connectivity index (χ1v) is 6.23. The summed E-state index contributed by atoms with van der Waals surface area (Å²) in [7, 11) is 0. The van der Waals surface area contributed by atoms with Gasteiger partial charge in [-0.15, -0.1) is 0 Å². The molecule has 2 rings (SSSR count). The second-order valence-corrected chi connectivity index (χ2v) is 4.84. The highest BCUT2D eigenvalue weighted by molar-refractivity contribution is 6.30. The lowest BCUT2D eigenvalue weighted by molar-refractivity contribution is -0.221. The maximum Gasteiger partial charge on any atom is 0.157 e. The van der Waals surface area contributed by atoms with E-state index in [0.29, 0.717) is 10.7 Å². The molecule has 1 fully saturated rings. The number of aliphatic hydroxyl groups is 4. The molecule has 0 saturated carbocycles. The highest BCUT2D eigenvalue weighted by atomic mass is 35.5. The Kier molecular flexibility index (Phi) is 4.62. The Morgan fingerprint density at radius 1 is 1.05 bits per heavy atom. The third kappa shape index (κ3) is 3.17. The Morgan fingerprint density at radius 2 is 1.68 bits per heavy atom. The molecule has 6 nitrogen and oxygen atoms in total. The van der Waals surface area contributed by atoms with Gasteiger partial charge in [0.05, 0.1) is 6.61 Å².